The molecule has 0 heterocycles. The molecule has 0 saturated heterocycles. The summed E-state index contributed by atoms with van der Waals surface area (Å²) < 4.78 is 0. The van der Waals surface area contributed by atoms with Gasteiger partial charge in [-0.15, -0.1) is 0 Å². The van der Waals surface area contributed by atoms with Crippen LogP contribution in [-0.4, -0.2) is 0 Å². The molecular weight excluding hydrogens is 127 g/mol. The monoisotopic (exact) mass is 146 g/mol. The van der Waals surface area contributed by atoms with Crippen LogP contribution in [0.3, 0.4) is 0 Å². The normalized spacial score (nSPS) is 19.4. The third-order valence-electron chi connectivity index (χ3n) is 2.44. The largest absolute Gasteiger partial charge is 1.00 e. The first-order valence-electron chi connectivity index (χ1n) is 4.77. The first kappa shape index (κ1) is 11.6. The van der Waals surface area contributed by atoms with Gasteiger partial charge in [-0.1, -0.05) is 39.0 Å². The fourth-order valence-electron chi connectivity index (χ4n) is 1.73. The Bertz CT molecular complexity index is 74.9. The molecule has 1 aliphatic rings. The molecule has 0 nitrogen and oxygen atoms in total. The Morgan fingerprint density at radius 2 is 1.73 bits per heavy atom. The maximum Gasteiger partial charge on any atom is 1.00 e. The third kappa shape index (κ3) is 4.94. The molecule has 0 bridgehead atoms. The molecule has 0 atom stereocenters. The summed E-state index contributed by atoms with van der Waals surface area (Å²) in [7, 11) is 0. The molecule has 0 aliphatic heterocycles. The van der Waals surface area contributed by atoms with Crippen LogP contribution in [0, 0.1) is 5.92 Å². The number of hydrogen-bond acceptors (Lipinski definition) is 0. The standard InChI is InChI=1S/C10H19.Li/c1-2-3-7-10-8-5-4-6-9-10;/h2-9H2,1H3;/q-1;+1. The van der Waals surface area contributed by atoms with Gasteiger partial charge in [0.15, 0.2) is 0 Å². The van der Waals surface area contributed by atoms with Crippen LogP contribution < -0.4 is 18.9 Å². The third-order valence-corrected chi connectivity index (χ3v) is 2.44. The van der Waals surface area contributed by atoms with Crippen molar-refractivity contribution in [1.29, 1.82) is 0 Å². The second-order valence-corrected chi connectivity index (χ2v) is 3.41. The van der Waals surface area contributed by atoms with Crippen LogP contribution in [0.25, 0.3) is 0 Å². The van der Waals surface area contributed by atoms with Crippen LogP contribution in [0.5, 0.6) is 0 Å². The topological polar surface area (TPSA) is 0 Å². The summed E-state index contributed by atoms with van der Waals surface area (Å²) in [6, 6.07) is 0. The van der Waals surface area contributed by atoms with Gasteiger partial charge in [0.2, 0.25) is 0 Å². The van der Waals surface area contributed by atoms with Crippen molar-refractivity contribution in [3.63, 3.8) is 0 Å². The minimum absolute atomic E-state index is 0. The van der Waals surface area contributed by atoms with Gasteiger partial charge in [0, 0.05) is 0 Å². The second-order valence-electron chi connectivity index (χ2n) is 3.41. The molecule has 0 aromatic carbocycles. The van der Waals surface area contributed by atoms with Crippen LogP contribution in [0.2, 0.25) is 0 Å². The Morgan fingerprint density at radius 3 is 2.27 bits per heavy atom. The molecule has 0 aromatic heterocycles. The predicted molar refractivity (Wildman–Crippen MR) is 45.9 cm³/mol. The minimum Gasteiger partial charge on any atom is -0.314 e. The molecule has 1 rings (SSSR count). The average molecular weight is 146 g/mol. The van der Waals surface area contributed by atoms with Gasteiger partial charge in [0.1, 0.15) is 0 Å². The van der Waals surface area contributed by atoms with E-state index in [2.05, 4.69) is 6.92 Å². The predicted octanol–water partition coefficient (Wildman–Crippen LogP) is 0.719. The van der Waals surface area contributed by atoms with Crippen LogP contribution >= 0.6 is 0 Å². The van der Waals surface area contributed by atoms with E-state index in [9.17, 15) is 0 Å². The Kier molecular flexibility index (Phi) is 7.65. The van der Waals surface area contributed by atoms with Crippen molar-refractivity contribution in [2.75, 3.05) is 0 Å². The Balaban J connectivity index is 0.000001000. The first-order valence-corrected chi connectivity index (χ1v) is 4.77. The van der Waals surface area contributed by atoms with Gasteiger partial charge in [-0.2, -0.15) is 19.3 Å². The SMILES string of the molecule is CCCC[C-]1CCCCC1.[Li+]. The Hall–Kier alpha value is 0.597. The summed E-state index contributed by atoms with van der Waals surface area (Å²) >= 11 is 0. The second kappa shape index (κ2) is 7.26. The molecule has 11 heavy (non-hydrogen) atoms. The quantitative estimate of drug-likeness (QED) is 0.406. The summed E-state index contributed by atoms with van der Waals surface area (Å²) in [5, 5.41) is 0. The fourth-order valence-corrected chi connectivity index (χ4v) is 1.73. The summed E-state index contributed by atoms with van der Waals surface area (Å²) in [6.07, 6.45) is 11.5. The zero-order valence-electron chi connectivity index (χ0n) is 8.16. The molecular formula is C10H19Li. The number of hydrogen-bond donors (Lipinski definition) is 0. The van der Waals surface area contributed by atoms with E-state index < -0.39 is 0 Å². The first-order chi connectivity index (χ1) is 4.93. The molecule has 1 heteroatoms. The summed E-state index contributed by atoms with van der Waals surface area (Å²) in [5.74, 6) is 1.85. The maximum absolute atomic E-state index is 2.28. The molecule has 1 saturated carbocycles. The van der Waals surface area contributed by atoms with Crippen LogP contribution in [0.1, 0.15) is 58.3 Å². The number of rotatable bonds is 3. The van der Waals surface area contributed by atoms with E-state index in [0.717, 1.165) is 0 Å². The zero-order valence-corrected chi connectivity index (χ0v) is 8.16. The van der Waals surface area contributed by atoms with E-state index in [1.807, 2.05) is 5.92 Å². The Morgan fingerprint density at radius 1 is 1.09 bits per heavy atom. The molecule has 0 radical (unpaired) electrons. The molecule has 60 valence electrons. The molecule has 0 aromatic rings. The molecule has 1 aliphatic carbocycles. The van der Waals surface area contributed by atoms with Gasteiger partial charge in [-0.3, -0.25) is 0 Å². The average Bonchev–Trinajstić information content (AvgIpc) is 2.03. The molecule has 0 N–H and O–H groups in total. The molecule has 0 unspecified atom stereocenters. The fraction of sp³-hybridized carbons (Fsp3) is 0.900. The van der Waals surface area contributed by atoms with Crippen LogP contribution in [0.4, 0.5) is 0 Å². The van der Waals surface area contributed by atoms with Gasteiger partial charge in [-0.05, 0) is 0 Å². The summed E-state index contributed by atoms with van der Waals surface area (Å²) in [4.78, 5) is 0. The minimum atomic E-state index is 0. The maximum atomic E-state index is 2.28. The van der Waals surface area contributed by atoms with Crippen molar-refractivity contribution in [3.05, 3.63) is 5.92 Å². The van der Waals surface area contributed by atoms with Crippen molar-refractivity contribution in [1.82, 2.24) is 0 Å². The van der Waals surface area contributed by atoms with Crippen molar-refractivity contribution in [3.8, 4) is 0 Å². The van der Waals surface area contributed by atoms with Gasteiger partial charge in [0.25, 0.3) is 0 Å². The van der Waals surface area contributed by atoms with Crippen molar-refractivity contribution in [2.45, 2.75) is 58.3 Å². The van der Waals surface area contributed by atoms with Crippen LogP contribution in [-0.2, 0) is 0 Å². The van der Waals surface area contributed by atoms with Gasteiger partial charge >= 0.3 is 18.9 Å². The van der Waals surface area contributed by atoms with E-state index in [-0.39, 0.29) is 18.9 Å². The summed E-state index contributed by atoms with van der Waals surface area (Å²) in [5.41, 5.74) is 0. The molecule has 0 spiro atoms. The van der Waals surface area contributed by atoms with Crippen molar-refractivity contribution >= 4 is 0 Å². The van der Waals surface area contributed by atoms with Crippen molar-refractivity contribution < 1.29 is 18.9 Å². The van der Waals surface area contributed by atoms with Gasteiger partial charge in [-0.25, -0.2) is 0 Å². The van der Waals surface area contributed by atoms with E-state index >= 15 is 0 Å². The molecule has 0 amide bonds. The van der Waals surface area contributed by atoms with Gasteiger partial charge in [0.05, 0.1) is 0 Å². The van der Waals surface area contributed by atoms with Crippen molar-refractivity contribution in [2.24, 2.45) is 0 Å². The smallest absolute Gasteiger partial charge is 0.314 e. The van der Waals surface area contributed by atoms with E-state index in [0.29, 0.717) is 0 Å². The Labute approximate surface area is 83.3 Å². The van der Waals surface area contributed by atoms with E-state index in [1.54, 1.807) is 0 Å². The van der Waals surface area contributed by atoms with Crippen LogP contribution in [0.15, 0.2) is 0 Å². The molecule has 1 fully saturated rings. The summed E-state index contributed by atoms with van der Waals surface area (Å²) in [6.45, 7) is 2.28. The zero-order chi connectivity index (χ0) is 7.23. The number of unbranched alkanes of at least 4 members (excludes halogenated alkanes) is 1. The van der Waals surface area contributed by atoms with Gasteiger partial charge < -0.3 is 5.92 Å². The van der Waals surface area contributed by atoms with E-state index in [1.165, 1.54) is 51.4 Å². The van der Waals surface area contributed by atoms with E-state index in [4.69, 9.17) is 0 Å².